The number of hydrogen-bond donors (Lipinski definition) is 0. The number of carbonyl (C=O) groups is 1. The molecule has 0 aliphatic heterocycles. The Morgan fingerprint density at radius 2 is 1.86 bits per heavy atom. The van der Waals surface area contributed by atoms with Crippen molar-refractivity contribution in [1.29, 1.82) is 0 Å². The standard InChI is InChI=1S/C20H19F2N3O2S/c1-4-25-19(13-5-8-15(27-3)9-6-13)23-24-20(25)28-12(2)18(26)14-7-10-16(21)17(22)11-14/h5-12H,4H2,1-3H3/t12-/m1/s1. The Morgan fingerprint density at radius 3 is 2.46 bits per heavy atom. The van der Waals surface area contributed by atoms with Crippen molar-refractivity contribution in [3.8, 4) is 17.1 Å². The van der Waals surface area contributed by atoms with Gasteiger partial charge in [-0.1, -0.05) is 11.8 Å². The molecule has 3 aromatic rings. The van der Waals surface area contributed by atoms with Gasteiger partial charge in [0.1, 0.15) is 5.75 Å². The molecule has 0 radical (unpaired) electrons. The maximum Gasteiger partial charge on any atom is 0.192 e. The summed E-state index contributed by atoms with van der Waals surface area (Å²) >= 11 is 1.23. The normalized spacial score (nSPS) is 12.0. The Morgan fingerprint density at radius 1 is 1.14 bits per heavy atom. The maximum atomic E-state index is 13.4. The molecule has 8 heteroatoms. The third-order valence-corrected chi connectivity index (χ3v) is 5.32. The minimum absolute atomic E-state index is 0.122. The highest BCUT2D eigenvalue weighted by atomic mass is 32.2. The minimum Gasteiger partial charge on any atom is -0.497 e. The van der Waals surface area contributed by atoms with Crippen LogP contribution in [0.3, 0.4) is 0 Å². The lowest BCUT2D eigenvalue weighted by Gasteiger charge is -2.12. The number of benzene rings is 2. The number of ketones is 1. The summed E-state index contributed by atoms with van der Waals surface area (Å²) in [5.41, 5.74) is 0.999. The molecular weight excluding hydrogens is 384 g/mol. The molecule has 3 rings (SSSR count). The van der Waals surface area contributed by atoms with E-state index in [2.05, 4.69) is 10.2 Å². The van der Waals surface area contributed by atoms with Gasteiger partial charge < -0.3 is 9.30 Å². The van der Waals surface area contributed by atoms with Gasteiger partial charge in [-0.15, -0.1) is 10.2 Å². The fourth-order valence-electron chi connectivity index (χ4n) is 2.71. The predicted octanol–water partition coefficient (Wildman–Crippen LogP) is 4.62. The lowest BCUT2D eigenvalue weighted by atomic mass is 10.1. The maximum absolute atomic E-state index is 13.4. The Bertz CT molecular complexity index is 990. The molecule has 1 aromatic heterocycles. The van der Waals surface area contributed by atoms with Crippen LogP contribution >= 0.6 is 11.8 Å². The molecule has 0 fully saturated rings. The number of methoxy groups -OCH3 is 1. The number of nitrogens with zero attached hydrogens (tertiary/aromatic N) is 3. The van der Waals surface area contributed by atoms with E-state index in [9.17, 15) is 13.6 Å². The molecule has 0 unspecified atom stereocenters. The molecule has 28 heavy (non-hydrogen) atoms. The van der Waals surface area contributed by atoms with Crippen molar-refractivity contribution >= 4 is 17.5 Å². The van der Waals surface area contributed by atoms with Crippen LogP contribution in [0, 0.1) is 11.6 Å². The largest absolute Gasteiger partial charge is 0.497 e. The van der Waals surface area contributed by atoms with Crippen molar-refractivity contribution in [2.24, 2.45) is 0 Å². The van der Waals surface area contributed by atoms with Gasteiger partial charge in [-0.3, -0.25) is 4.79 Å². The van der Waals surface area contributed by atoms with E-state index in [-0.39, 0.29) is 11.3 Å². The van der Waals surface area contributed by atoms with Crippen LogP contribution in [-0.2, 0) is 6.54 Å². The quantitative estimate of drug-likeness (QED) is 0.426. The number of rotatable bonds is 7. The smallest absolute Gasteiger partial charge is 0.192 e. The topological polar surface area (TPSA) is 57.0 Å². The second-order valence-corrected chi connectivity index (χ2v) is 7.34. The van der Waals surface area contributed by atoms with Crippen molar-refractivity contribution < 1.29 is 18.3 Å². The summed E-state index contributed by atoms with van der Waals surface area (Å²) in [6, 6.07) is 10.6. The monoisotopic (exact) mass is 403 g/mol. The van der Waals surface area contributed by atoms with Gasteiger partial charge in [-0.05, 0) is 56.3 Å². The highest BCUT2D eigenvalue weighted by Gasteiger charge is 2.22. The van der Waals surface area contributed by atoms with Crippen molar-refractivity contribution in [2.45, 2.75) is 30.8 Å². The van der Waals surface area contributed by atoms with Crippen LogP contribution in [0.1, 0.15) is 24.2 Å². The van der Waals surface area contributed by atoms with E-state index in [1.54, 1.807) is 14.0 Å². The summed E-state index contributed by atoms with van der Waals surface area (Å²) in [6.45, 7) is 4.28. The first kappa shape index (κ1) is 20.0. The van der Waals surface area contributed by atoms with Crippen molar-refractivity contribution in [1.82, 2.24) is 14.8 Å². The molecule has 0 bridgehead atoms. The zero-order valence-corrected chi connectivity index (χ0v) is 16.5. The fourth-order valence-corrected chi connectivity index (χ4v) is 3.70. The molecule has 5 nitrogen and oxygen atoms in total. The highest BCUT2D eigenvalue weighted by molar-refractivity contribution is 8.00. The van der Waals surface area contributed by atoms with Crippen LogP contribution in [0.15, 0.2) is 47.6 Å². The van der Waals surface area contributed by atoms with Crippen LogP contribution in [0.4, 0.5) is 8.78 Å². The molecule has 0 spiro atoms. The minimum atomic E-state index is -1.04. The number of thioether (sulfide) groups is 1. The molecule has 0 aliphatic rings. The molecule has 0 aliphatic carbocycles. The van der Waals surface area contributed by atoms with Gasteiger partial charge in [0.05, 0.1) is 12.4 Å². The van der Waals surface area contributed by atoms with E-state index in [0.717, 1.165) is 23.4 Å². The zero-order chi connectivity index (χ0) is 20.3. The number of carbonyl (C=O) groups excluding carboxylic acids is 1. The first-order chi connectivity index (χ1) is 13.4. The van der Waals surface area contributed by atoms with Crippen LogP contribution < -0.4 is 4.74 Å². The van der Waals surface area contributed by atoms with Crippen molar-refractivity contribution in [3.05, 3.63) is 59.7 Å². The molecule has 0 N–H and O–H groups in total. The van der Waals surface area contributed by atoms with E-state index in [0.29, 0.717) is 17.5 Å². The molecular formula is C20H19F2N3O2S. The molecule has 0 amide bonds. The van der Waals surface area contributed by atoms with E-state index in [4.69, 9.17) is 4.74 Å². The predicted molar refractivity (Wildman–Crippen MR) is 104 cm³/mol. The summed E-state index contributed by atoms with van der Waals surface area (Å²) in [5.74, 6) is -0.902. The Balaban J connectivity index is 1.82. The fraction of sp³-hybridized carbons (Fsp3) is 0.250. The summed E-state index contributed by atoms with van der Waals surface area (Å²) < 4.78 is 33.6. The van der Waals surface area contributed by atoms with Gasteiger partial charge in [0.2, 0.25) is 0 Å². The average Bonchev–Trinajstić information content (AvgIpc) is 3.11. The first-order valence-corrected chi connectivity index (χ1v) is 9.56. The van der Waals surface area contributed by atoms with E-state index in [1.165, 1.54) is 17.8 Å². The lowest BCUT2D eigenvalue weighted by Crippen LogP contribution is -2.15. The summed E-state index contributed by atoms with van der Waals surface area (Å²) in [5, 5.41) is 8.51. The van der Waals surface area contributed by atoms with Gasteiger partial charge in [0.15, 0.2) is 28.4 Å². The Kier molecular flexibility index (Phi) is 6.08. The number of halogens is 2. The third kappa shape index (κ3) is 4.06. The van der Waals surface area contributed by atoms with Crippen LogP contribution in [0.2, 0.25) is 0 Å². The number of aromatic nitrogens is 3. The van der Waals surface area contributed by atoms with Gasteiger partial charge in [-0.25, -0.2) is 8.78 Å². The molecule has 1 atom stereocenters. The SMILES string of the molecule is CCn1c(S[C@H](C)C(=O)c2ccc(F)c(F)c2)nnc1-c1ccc(OC)cc1. The van der Waals surface area contributed by atoms with E-state index >= 15 is 0 Å². The van der Waals surface area contributed by atoms with Gasteiger partial charge in [0.25, 0.3) is 0 Å². The molecule has 1 heterocycles. The van der Waals surface area contributed by atoms with Gasteiger partial charge in [-0.2, -0.15) is 0 Å². The van der Waals surface area contributed by atoms with E-state index < -0.39 is 16.9 Å². The van der Waals surface area contributed by atoms with Gasteiger partial charge >= 0.3 is 0 Å². The molecule has 0 saturated heterocycles. The Hall–Kier alpha value is -2.74. The van der Waals surface area contributed by atoms with Crippen LogP contribution in [-0.4, -0.2) is 32.9 Å². The Labute approximate surface area is 165 Å². The summed E-state index contributed by atoms with van der Waals surface area (Å²) in [6.07, 6.45) is 0. The van der Waals surface area contributed by atoms with Crippen molar-refractivity contribution in [3.63, 3.8) is 0 Å². The second kappa shape index (κ2) is 8.52. The highest BCUT2D eigenvalue weighted by Crippen LogP contribution is 2.29. The van der Waals surface area contributed by atoms with Crippen molar-refractivity contribution in [2.75, 3.05) is 7.11 Å². The third-order valence-electron chi connectivity index (χ3n) is 4.24. The second-order valence-electron chi connectivity index (χ2n) is 6.03. The number of hydrogen-bond acceptors (Lipinski definition) is 5. The van der Waals surface area contributed by atoms with E-state index in [1.807, 2.05) is 35.8 Å². The molecule has 0 saturated carbocycles. The summed E-state index contributed by atoms with van der Waals surface area (Å²) in [4.78, 5) is 12.6. The first-order valence-electron chi connectivity index (χ1n) is 8.68. The van der Waals surface area contributed by atoms with Gasteiger partial charge in [0, 0.05) is 17.7 Å². The average molecular weight is 403 g/mol. The lowest BCUT2D eigenvalue weighted by molar-refractivity contribution is 0.0993. The molecule has 146 valence electrons. The number of ether oxygens (including phenoxy) is 1. The summed E-state index contributed by atoms with van der Waals surface area (Å²) in [7, 11) is 1.60. The molecule has 2 aromatic carbocycles. The van der Waals surface area contributed by atoms with Crippen LogP contribution in [0.25, 0.3) is 11.4 Å². The van der Waals surface area contributed by atoms with Crippen LogP contribution in [0.5, 0.6) is 5.75 Å². The number of Topliss-reactive ketones (excluding diaryl/α,β-unsaturated/α-hetero) is 1. The zero-order valence-electron chi connectivity index (χ0n) is 15.6.